The first kappa shape index (κ1) is 13.6. The minimum atomic E-state index is -0.160. The van der Waals surface area contributed by atoms with E-state index in [0.29, 0.717) is 0 Å². The third-order valence-electron chi connectivity index (χ3n) is 2.40. The average molecular weight is 277 g/mol. The van der Waals surface area contributed by atoms with E-state index in [1.165, 1.54) is 7.11 Å². The Labute approximate surface area is 116 Å². The summed E-state index contributed by atoms with van der Waals surface area (Å²) in [4.78, 5) is 16.7. The summed E-state index contributed by atoms with van der Waals surface area (Å²) < 4.78 is 6.71. The largest absolute Gasteiger partial charge is 0.375 e. The number of nitrogens with zero attached hydrogens (tertiary/aromatic N) is 2. The maximum absolute atomic E-state index is 11.3. The van der Waals surface area contributed by atoms with Gasteiger partial charge in [0.15, 0.2) is 5.16 Å². The van der Waals surface area contributed by atoms with E-state index in [1.54, 1.807) is 18.0 Å². The highest BCUT2D eigenvalue weighted by molar-refractivity contribution is 7.99. The molecule has 1 N–H and O–H groups in total. The van der Waals surface area contributed by atoms with Crippen molar-refractivity contribution >= 4 is 23.4 Å². The van der Waals surface area contributed by atoms with E-state index >= 15 is 0 Å². The van der Waals surface area contributed by atoms with Crippen molar-refractivity contribution in [2.75, 3.05) is 19.0 Å². The highest BCUT2D eigenvalue weighted by atomic mass is 32.2. The van der Waals surface area contributed by atoms with Crippen molar-refractivity contribution < 1.29 is 9.53 Å². The van der Waals surface area contributed by atoms with Gasteiger partial charge >= 0.3 is 0 Å². The first-order valence-electron chi connectivity index (χ1n) is 5.73. The van der Waals surface area contributed by atoms with Crippen LogP contribution in [0.5, 0.6) is 0 Å². The molecular formula is C13H15N3O2S. The number of nitrogens with one attached hydrogen (secondary N) is 1. The predicted molar refractivity (Wildman–Crippen MR) is 74.3 cm³/mol. The highest BCUT2D eigenvalue weighted by Crippen LogP contribution is 2.26. The van der Waals surface area contributed by atoms with E-state index in [0.717, 1.165) is 15.7 Å². The summed E-state index contributed by atoms with van der Waals surface area (Å²) >= 11 is 1.57. The summed E-state index contributed by atoms with van der Waals surface area (Å²) in [5, 5.41) is 3.67. The number of amides is 1. The van der Waals surface area contributed by atoms with Gasteiger partial charge in [-0.05, 0) is 24.3 Å². The lowest BCUT2D eigenvalue weighted by Gasteiger charge is -2.06. The Morgan fingerprint density at radius 2 is 2.16 bits per heavy atom. The molecule has 0 aliphatic carbocycles. The molecule has 0 saturated heterocycles. The Hall–Kier alpha value is -1.79. The van der Waals surface area contributed by atoms with Crippen LogP contribution in [0.3, 0.4) is 0 Å². The van der Waals surface area contributed by atoms with E-state index in [9.17, 15) is 4.79 Å². The van der Waals surface area contributed by atoms with Gasteiger partial charge in [0.1, 0.15) is 6.61 Å². The van der Waals surface area contributed by atoms with Gasteiger partial charge in [0.25, 0.3) is 0 Å². The Morgan fingerprint density at radius 3 is 2.74 bits per heavy atom. The lowest BCUT2D eigenvalue weighted by Crippen LogP contribution is -2.16. The van der Waals surface area contributed by atoms with Crippen molar-refractivity contribution in [1.82, 2.24) is 9.55 Å². The van der Waals surface area contributed by atoms with Crippen molar-refractivity contribution in [2.45, 2.75) is 10.1 Å². The third kappa shape index (κ3) is 3.84. The van der Waals surface area contributed by atoms with Crippen LogP contribution in [-0.4, -0.2) is 29.2 Å². The normalized spacial score (nSPS) is 10.4. The molecule has 0 unspecified atom stereocenters. The van der Waals surface area contributed by atoms with Crippen LogP contribution < -0.4 is 5.32 Å². The number of anilines is 1. The summed E-state index contributed by atoms with van der Waals surface area (Å²) in [6.07, 6.45) is 3.67. The number of ether oxygens (including phenoxy) is 1. The number of aromatic nitrogens is 2. The molecule has 0 radical (unpaired) electrons. The molecule has 1 aromatic carbocycles. The number of methoxy groups -OCH3 is 1. The molecular weight excluding hydrogens is 262 g/mol. The number of aryl methyl sites for hydroxylation is 1. The number of carbonyl (C=O) groups excluding carboxylic acids is 1. The molecule has 6 heteroatoms. The number of hydrogen-bond acceptors (Lipinski definition) is 4. The topological polar surface area (TPSA) is 56.1 Å². The van der Waals surface area contributed by atoms with Crippen molar-refractivity contribution in [2.24, 2.45) is 7.05 Å². The maximum atomic E-state index is 11.3. The Kier molecular flexibility index (Phi) is 4.59. The van der Waals surface area contributed by atoms with Crippen molar-refractivity contribution in [3.05, 3.63) is 36.7 Å². The summed E-state index contributed by atoms with van der Waals surface area (Å²) in [5.74, 6) is -0.160. The molecule has 0 spiro atoms. The van der Waals surface area contributed by atoms with Crippen LogP contribution in [0, 0.1) is 0 Å². The second-order valence-corrected chi connectivity index (χ2v) is 4.97. The van der Waals surface area contributed by atoms with Gasteiger partial charge in [-0.2, -0.15) is 0 Å². The van der Waals surface area contributed by atoms with E-state index in [-0.39, 0.29) is 12.5 Å². The first-order valence-corrected chi connectivity index (χ1v) is 6.54. The summed E-state index contributed by atoms with van der Waals surface area (Å²) in [5.41, 5.74) is 0.756. The number of carbonyl (C=O) groups is 1. The van der Waals surface area contributed by atoms with Gasteiger partial charge in [-0.15, -0.1) is 0 Å². The fourth-order valence-electron chi connectivity index (χ4n) is 1.49. The molecule has 5 nitrogen and oxygen atoms in total. The SMILES string of the molecule is COCC(=O)Nc1ccc(Sc2nccn2C)cc1. The highest BCUT2D eigenvalue weighted by Gasteiger charge is 2.04. The molecule has 1 amide bonds. The molecule has 1 heterocycles. The summed E-state index contributed by atoms with van der Waals surface area (Å²) in [6, 6.07) is 7.61. The van der Waals surface area contributed by atoms with E-state index in [4.69, 9.17) is 4.74 Å². The van der Waals surface area contributed by atoms with Gasteiger partial charge in [-0.3, -0.25) is 4.79 Å². The quantitative estimate of drug-likeness (QED) is 0.910. The third-order valence-corrected chi connectivity index (χ3v) is 3.48. The Morgan fingerprint density at radius 1 is 1.42 bits per heavy atom. The smallest absolute Gasteiger partial charge is 0.250 e. The monoisotopic (exact) mass is 277 g/mol. The van der Waals surface area contributed by atoms with Gasteiger partial charge in [0.2, 0.25) is 5.91 Å². The van der Waals surface area contributed by atoms with E-state index < -0.39 is 0 Å². The fraction of sp³-hybridized carbons (Fsp3) is 0.231. The van der Waals surface area contributed by atoms with E-state index in [2.05, 4.69) is 10.3 Å². The first-order chi connectivity index (χ1) is 9.19. The minimum absolute atomic E-state index is 0.0593. The second-order valence-electron chi connectivity index (χ2n) is 3.93. The molecule has 0 fully saturated rings. The average Bonchev–Trinajstić information content (AvgIpc) is 2.78. The summed E-state index contributed by atoms with van der Waals surface area (Å²) in [6.45, 7) is 0.0593. The molecule has 100 valence electrons. The van der Waals surface area contributed by atoms with Crippen LogP contribution in [0.4, 0.5) is 5.69 Å². The van der Waals surface area contributed by atoms with Crippen LogP contribution in [0.2, 0.25) is 0 Å². The minimum Gasteiger partial charge on any atom is -0.375 e. The Bertz CT molecular complexity index is 551. The number of hydrogen-bond donors (Lipinski definition) is 1. The standard InChI is InChI=1S/C13H15N3O2S/c1-16-8-7-14-13(16)19-11-5-3-10(4-6-11)15-12(17)9-18-2/h3-8H,9H2,1-2H3,(H,15,17). The van der Waals surface area contributed by atoms with Crippen LogP contribution in [0.1, 0.15) is 0 Å². The Balaban J connectivity index is 1.98. The van der Waals surface area contributed by atoms with Crippen LogP contribution >= 0.6 is 11.8 Å². The van der Waals surface area contributed by atoms with Gasteiger partial charge in [-0.1, -0.05) is 11.8 Å². The van der Waals surface area contributed by atoms with Crippen LogP contribution in [-0.2, 0) is 16.6 Å². The number of imidazole rings is 1. The van der Waals surface area contributed by atoms with Gasteiger partial charge in [-0.25, -0.2) is 4.98 Å². The van der Waals surface area contributed by atoms with Gasteiger partial charge < -0.3 is 14.6 Å². The fourth-order valence-corrected chi connectivity index (χ4v) is 2.29. The van der Waals surface area contributed by atoms with E-state index in [1.807, 2.05) is 42.1 Å². The molecule has 2 rings (SSSR count). The van der Waals surface area contributed by atoms with Crippen LogP contribution in [0.15, 0.2) is 46.7 Å². The van der Waals surface area contributed by atoms with Gasteiger partial charge in [0, 0.05) is 37.1 Å². The molecule has 0 aliphatic rings. The molecule has 0 aliphatic heterocycles. The van der Waals surface area contributed by atoms with Crippen molar-refractivity contribution in [1.29, 1.82) is 0 Å². The molecule has 0 atom stereocenters. The second kappa shape index (κ2) is 6.40. The lowest BCUT2D eigenvalue weighted by atomic mass is 10.3. The number of rotatable bonds is 5. The van der Waals surface area contributed by atoms with Gasteiger partial charge in [0.05, 0.1) is 0 Å². The van der Waals surface area contributed by atoms with Crippen molar-refractivity contribution in [3.63, 3.8) is 0 Å². The molecule has 19 heavy (non-hydrogen) atoms. The lowest BCUT2D eigenvalue weighted by molar-refractivity contribution is -0.119. The zero-order valence-corrected chi connectivity index (χ0v) is 11.6. The zero-order chi connectivity index (χ0) is 13.7. The summed E-state index contributed by atoms with van der Waals surface area (Å²) in [7, 11) is 3.45. The molecule has 1 aromatic heterocycles. The predicted octanol–water partition coefficient (Wildman–Crippen LogP) is 2.16. The maximum Gasteiger partial charge on any atom is 0.250 e. The molecule has 0 saturated carbocycles. The number of benzene rings is 1. The molecule has 2 aromatic rings. The molecule has 0 bridgehead atoms. The van der Waals surface area contributed by atoms with Crippen LogP contribution in [0.25, 0.3) is 0 Å². The zero-order valence-electron chi connectivity index (χ0n) is 10.8. The van der Waals surface area contributed by atoms with Crippen molar-refractivity contribution in [3.8, 4) is 0 Å².